The number of carbonyl (C=O) groups excluding carboxylic acids is 1. The Kier molecular flexibility index (Phi) is 5.67. The van der Waals surface area contributed by atoms with Gasteiger partial charge in [0.15, 0.2) is 0 Å². The highest BCUT2D eigenvalue weighted by Crippen LogP contribution is 2.30. The Morgan fingerprint density at radius 1 is 1.21 bits per heavy atom. The number of amides is 1. The van der Waals surface area contributed by atoms with Crippen LogP contribution in [0.1, 0.15) is 21.5 Å². The third kappa shape index (κ3) is 3.62. The Morgan fingerprint density at radius 2 is 1.79 bits per heavy atom. The van der Waals surface area contributed by atoms with Crippen LogP contribution in [0, 0.1) is 12.7 Å². The van der Waals surface area contributed by atoms with Gasteiger partial charge in [-0.05, 0) is 31.2 Å². The second kappa shape index (κ2) is 7.53. The van der Waals surface area contributed by atoms with Crippen molar-refractivity contribution in [1.29, 1.82) is 0 Å². The molecule has 6 heteroatoms. The Bertz CT molecular complexity index is 719. The van der Waals surface area contributed by atoms with Gasteiger partial charge in [0.1, 0.15) is 17.3 Å². The standard InChI is InChI=1S/C18H19ClFNO3/c1-11-16(23-3)8-12(9-17(11)24-4)18(22)21(2)10-13-14(19)6-5-7-15(13)20/h5-9H,10H2,1-4H3. The van der Waals surface area contributed by atoms with E-state index in [-0.39, 0.29) is 23.0 Å². The molecule has 0 aliphatic rings. The molecule has 0 saturated carbocycles. The van der Waals surface area contributed by atoms with E-state index in [9.17, 15) is 9.18 Å². The quantitative estimate of drug-likeness (QED) is 0.814. The fourth-order valence-electron chi connectivity index (χ4n) is 2.42. The summed E-state index contributed by atoms with van der Waals surface area (Å²) in [6.07, 6.45) is 0. The molecule has 0 aromatic heterocycles. The Labute approximate surface area is 145 Å². The van der Waals surface area contributed by atoms with Gasteiger partial charge in [-0.2, -0.15) is 0 Å². The first-order valence-corrected chi connectivity index (χ1v) is 7.67. The van der Waals surface area contributed by atoms with Crippen molar-refractivity contribution < 1.29 is 18.7 Å². The molecule has 2 aromatic carbocycles. The molecule has 0 heterocycles. The average molecular weight is 352 g/mol. The maximum Gasteiger partial charge on any atom is 0.254 e. The molecule has 0 saturated heterocycles. The molecular weight excluding hydrogens is 333 g/mol. The minimum Gasteiger partial charge on any atom is -0.496 e. The first-order chi connectivity index (χ1) is 11.4. The van der Waals surface area contributed by atoms with Gasteiger partial charge in [0.25, 0.3) is 5.91 Å². The summed E-state index contributed by atoms with van der Waals surface area (Å²) in [4.78, 5) is 14.1. The zero-order valence-electron chi connectivity index (χ0n) is 14.0. The van der Waals surface area contributed by atoms with Gasteiger partial charge >= 0.3 is 0 Å². The third-order valence-electron chi connectivity index (χ3n) is 3.80. The van der Waals surface area contributed by atoms with E-state index >= 15 is 0 Å². The number of benzene rings is 2. The highest BCUT2D eigenvalue weighted by Gasteiger charge is 2.19. The van der Waals surface area contributed by atoms with Crippen LogP contribution in [-0.4, -0.2) is 32.1 Å². The zero-order chi connectivity index (χ0) is 17.9. The summed E-state index contributed by atoms with van der Waals surface area (Å²) in [6, 6.07) is 7.71. The molecule has 4 nitrogen and oxygen atoms in total. The second-order valence-corrected chi connectivity index (χ2v) is 5.77. The van der Waals surface area contributed by atoms with Crippen LogP contribution in [0.3, 0.4) is 0 Å². The molecule has 1 amide bonds. The molecule has 24 heavy (non-hydrogen) atoms. The van der Waals surface area contributed by atoms with Gasteiger partial charge in [-0.3, -0.25) is 4.79 Å². The van der Waals surface area contributed by atoms with Crippen LogP contribution in [0.2, 0.25) is 5.02 Å². The maximum absolute atomic E-state index is 13.9. The fraction of sp³-hybridized carbons (Fsp3) is 0.278. The van der Waals surface area contributed by atoms with Gasteiger partial charge in [-0.25, -0.2) is 4.39 Å². The van der Waals surface area contributed by atoms with E-state index in [0.717, 1.165) is 5.56 Å². The summed E-state index contributed by atoms with van der Waals surface area (Å²) in [5.41, 5.74) is 1.47. The van der Waals surface area contributed by atoms with E-state index in [0.29, 0.717) is 17.1 Å². The molecule has 2 rings (SSSR count). The molecule has 0 radical (unpaired) electrons. The Balaban J connectivity index is 2.31. The molecule has 0 aliphatic heterocycles. The minimum absolute atomic E-state index is 0.0584. The van der Waals surface area contributed by atoms with Crippen LogP contribution in [0.4, 0.5) is 4.39 Å². The highest BCUT2D eigenvalue weighted by atomic mass is 35.5. The van der Waals surface area contributed by atoms with E-state index in [2.05, 4.69) is 0 Å². The number of methoxy groups -OCH3 is 2. The van der Waals surface area contributed by atoms with Crippen molar-refractivity contribution in [2.24, 2.45) is 0 Å². The maximum atomic E-state index is 13.9. The van der Waals surface area contributed by atoms with Crippen molar-refractivity contribution >= 4 is 17.5 Å². The Hall–Kier alpha value is -2.27. The number of rotatable bonds is 5. The van der Waals surface area contributed by atoms with Gasteiger partial charge in [-0.1, -0.05) is 17.7 Å². The smallest absolute Gasteiger partial charge is 0.254 e. The van der Waals surface area contributed by atoms with Crippen molar-refractivity contribution in [2.75, 3.05) is 21.3 Å². The number of ether oxygens (including phenoxy) is 2. The monoisotopic (exact) mass is 351 g/mol. The summed E-state index contributed by atoms with van der Waals surface area (Å²) < 4.78 is 24.5. The average Bonchev–Trinajstić information content (AvgIpc) is 2.57. The van der Waals surface area contributed by atoms with Crippen molar-refractivity contribution in [3.8, 4) is 11.5 Å². The normalized spacial score (nSPS) is 10.4. The van der Waals surface area contributed by atoms with Gasteiger partial charge in [0, 0.05) is 35.3 Å². The molecule has 0 unspecified atom stereocenters. The zero-order valence-corrected chi connectivity index (χ0v) is 14.8. The SMILES string of the molecule is COc1cc(C(=O)N(C)Cc2c(F)cccc2Cl)cc(OC)c1C. The summed E-state index contributed by atoms with van der Waals surface area (Å²) in [5, 5.41) is 0.286. The summed E-state index contributed by atoms with van der Waals surface area (Å²) >= 11 is 6.02. The lowest BCUT2D eigenvalue weighted by molar-refractivity contribution is 0.0783. The first-order valence-electron chi connectivity index (χ1n) is 7.30. The van der Waals surface area contributed by atoms with E-state index in [4.69, 9.17) is 21.1 Å². The molecule has 0 aliphatic carbocycles. The fourth-order valence-corrected chi connectivity index (χ4v) is 2.65. The largest absolute Gasteiger partial charge is 0.496 e. The second-order valence-electron chi connectivity index (χ2n) is 5.37. The molecule has 2 aromatic rings. The van der Waals surface area contributed by atoms with Crippen LogP contribution in [-0.2, 0) is 6.54 Å². The van der Waals surface area contributed by atoms with Crippen LogP contribution in [0.25, 0.3) is 0 Å². The van der Waals surface area contributed by atoms with Crippen molar-refractivity contribution in [3.05, 3.63) is 57.9 Å². The molecular formula is C18H19ClFNO3. The molecule has 128 valence electrons. The minimum atomic E-state index is -0.443. The first kappa shape index (κ1) is 18.1. The summed E-state index contributed by atoms with van der Waals surface area (Å²) in [7, 11) is 4.64. The number of nitrogens with zero attached hydrogens (tertiary/aromatic N) is 1. The topological polar surface area (TPSA) is 38.8 Å². The Morgan fingerprint density at radius 3 is 2.29 bits per heavy atom. The number of halogens is 2. The lowest BCUT2D eigenvalue weighted by Crippen LogP contribution is -2.27. The third-order valence-corrected chi connectivity index (χ3v) is 4.16. The van der Waals surface area contributed by atoms with Crippen molar-refractivity contribution in [3.63, 3.8) is 0 Å². The van der Waals surface area contributed by atoms with Crippen LogP contribution in [0.5, 0.6) is 11.5 Å². The van der Waals surface area contributed by atoms with E-state index in [1.165, 1.54) is 31.3 Å². The van der Waals surface area contributed by atoms with Crippen LogP contribution < -0.4 is 9.47 Å². The van der Waals surface area contributed by atoms with Crippen molar-refractivity contribution in [2.45, 2.75) is 13.5 Å². The van der Waals surface area contributed by atoms with E-state index in [1.54, 1.807) is 25.2 Å². The number of hydrogen-bond acceptors (Lipinski definition) is 3. The predicted molar refractivity (Wildman–Crippen MR) is 91.5 cm³/mol. The van der Waals surface area contributed by atoms with Gasteiger partial charge < -0.3 is 14.4 Å². The van der Waals surface area contributed by atoms with Gasteiger partial charge in [0.2, 0.25) is 0 Å². The number of hydrogen-bond donors (Lipinski definition) is 0. The predicted octanol–water partition coefficient (Wildman–Crippen LogP) is 4.08. The lowest BCUT2D eigenvalue weighted by Gasteiger charge is -2.20. The van der Waals surface area contributed by atoms with Crippen LogP contribution >= 0.6 is 11.6 Å². The molecule has 0 atom stereocenters. The van der Waals surface area contributed by atoms with Crippen LogP contribution in [0.15, 0.2) is 30.3 Å². The highest BCUT2D eigenvalue weighted by molar-refractivity contribution is 6.31. The summed E-state index contributed by atoms with van der Waals surface area (Å²) in [5.74, 6) is 0.372. The molecule has 0 N–H and O–H groups in total. The van der Waals surface area contributed by atoms with Gasteiger partial charge in [-0.15, -0.1) is 0 Å². The molecule has 0 bridgehead atoms. The molecule has 0 fully saturated rings. The summed E-state index contributed by atoms with van der Waals surface area (Å²) in [6.45, 7) is 1.90. The lowest BCUT2D eigenvalue weighted by atomic mass is 10.1. The van der Waals surface area contributed by atoms with Gasteiger partial charge in [0.05, 0.1) is 14.2 Å². The van der Waals surface area contributed by atoms with E-state index < -0.39 is 5.82 Å². The van der Waals surface area contributed by atoms with E-state index in [1.807, 2.05) is 6.92 Å². The molecule has 0 spiro atoms. The van der Waals surface area contributed by atoms with Crippen molar-refractivity contribution in [1.82, 2.24) is 4.90 Å². The number of carbonyl (C=O) groups is 1.